The van der Waals surface area contributed by atoms with Gasteiger partial charge in [0.2, 0.25) is 11.6 Å². The molecule has 5 nitrogen and oxygen atoms in total. The molecule has 0 fully saturated rings. The highest BCUT2D eigenvalue weighted by Gasteiger charge is 2.24. The Morgan fingerprint density at radius 3 is 2.39 bits per heavy atom. The summed E-state index contributed by atoms with van der Waals surface area (Å²) in [5.41, 5.74) is 3.50. The number of benzene rings is 2. The maximum absolute atomic E-state index is 12.5. The molecule has 0 spiro atoms. The fourth-order valence-corrected chi connectivity index (χ4v) is 3.74. The predicted octanol–water partition coefficient (Wildman–Crippen LogP) is 7.02. The van der Waals surface area contributed by atoms with Crippen molar-refractivity contribution < 1.29 is 14.0 Å². The number of hydrogen-bond donors (Lipinski definition) is 1. The van der Waals surface area contributed by atoms with Crippen LogP contribution in [0.1, 0.15) is 30.8 Å². The van der Waals surface area contributed by atoms with Crippen molar-refractivity contribution in [3.63, 3.8) is 0 Å². The molecule has 0 saturated carbocycles. The van der Waals surface area contributed by atoms with Crippen LogP contribution in [0.5, 0.6) is 0 Å². The van der Waals surface area contributed by atoms with Crippen LogP contribution in [0.2, 0.25) is 10.0 Å². The second-order valence-corrected chi connectivity index (χ2v) is 7.83. The smallest absolute Gasteiger partial charge is 0.229 e. The third kappa shape index (κ3) is 4.07. The summed E-state index contributed by atoms with van der Waals surface area (Å²) in [5, 5.41) is 4.40. The average molecular weight is 453 g/mol. The van der Waals surface area contributed by atoms with Crippen LogP contribution < -0.4 is 5.32 Å². The first-order valence-corrected chi connectivity index (χ1v) is 10.4. The molecule has 0 aliphatic carbocycles. The SMILES string of the molecule is CCC(=O)c1oc2nc(-c3ccccc3Cl)c(-c3ccc(Cl)cc3)cc2c1NC(C)=O. The number of pyridine rings is 1. The number of ketones is 1. The first-order chi connectivity index (χ1) is 14.9. The van der Waals surface area contributed by atoms with Crippen molar-refractivity contribution in [1.29, 1.82) is 0 Å². The fraction of sp³-hybridized carbons (Fsp3) is 0.125. The molecule has 1 amide bonds. The molecule has 2 aromatic carbocycles. The minimum absolute atomic E-state index is 0.0820. The number of nitrogens with zero attached hydrogens (tertiary/aromatic N) is 1. The Morgan fingerprint density at radius 2 is 1.74 bits per heavy atom. The van der Waals surface area contributed by atoms with E-state index in [0.29, 0.717) is 26.8 Å². The molecule has 1 N–H and O–H groups in total. The molecule has 0 unspecified atom stereocenters. The van der Waals surface area contributed by atoms with Gasteiger partial charge in [-0.2, -0.15) is 0 Å². The molecule has 31 heavy (non-hydrogen) atoms. The summed E-state index contributed by atoms with van der Waals surface area (Å²) in [6.07, 6.45) is 0.230. The van der Waals surface area contributed by atoms with Crippen LogP contribution in [0.4, 0.5) is 5.69 Å². The van der Waals surface area contributed by atoms with Gasteiger partial charge in [0, 0.05) is 34.5 Å². The number of nitrogens with one attached hydrogen (secondary N) is 1. The third-order valence-electron chi connectivity index (χ3n) is 4.84. The van der Waals surface area contributed by atoms with Crippen LogP contribution in [0, 0.1) is 0 Å². The van der Waals surface area contributed by atoms with Crippen molar-refractivity contribution in [2.24, 2.45) is 0 Å². The summed E-state index contributed by atoms with van der Waals surface area (Å²) in [7, 11) is 0. The van der Waals surface area contributed by atoms with Gasteiger partial charge in [0.05, 0.1) is 11.1 Å². The summed E-state index contributed by atoms with van der Waals surface area (Å²) in [6, 6.07) is 16.5. The Labute approximate surface area is 189 Å². The highest BCUT2D eigenvalue weighted by Crippen LogP contribution is 2.40. The highest BCUT2D eigenvalue weighted by atomic mass is 35.5. The molecule has 156 valence electrons. The third-order valence-corrected chi connectivity index (χ3v) is 5.42. The lowest BCUT2D eigenvalue weighted by Gasteiger charge is -2.11. The number of carbonyl (C=O) groups is 2. The number of furan rings is 1. The second kappa shape index (κ2) is 8.53. The van der Waals surface area contributed by atoms with Crippen molar-refractivity contribution in [3.05, 3.63) is 70.4 Å². The van der Waals surface area contributed by atoms with Gasteiger partial charge in [0.15, 0.2) is 11.5 Å². The predicted molar refractivity (Wildman–Crippen MR) is 124 cm³/mol. The minimum Gasteiger partial charge on any atom is -0.432 e. The summed E-state index contributed by atoms with van der Waals surface area (Å²) in [6.45, 7) is 3.11. The highest BCUT2D eigenvalue weighted by molar-refractivity contribution is 6.33. The van der Waals surface area contributed by atoms with E-state index >= 15 is 0 Å². The van der Waals surface area contributed by atoms with E-state index < -0.39 is 0 Å². The molecule has 2 aromatic heterocycles. The van der Waals surface area contributed by atoms with Crippen LogP contribution in [-0.2, 0) is 4.79 Å². The van der Waals surface area contributed by atoms with Crippen LogP contribution in [0.3, 0.4) is 0 Å². The van der Waals surface area contributed by atoms with Gasteiger partial charge in [-0.25, -0.2) is 4.98 Å². The van der Waals surface area contributed by atoms with E-state index in [0.717, 1.165) is 16.7 Å². The average Bonchev–Trinajstić information content (AvgIpc) is 3.10. The van der Waals surface area contributed by atoms with E-state index in [1.54, 1.807) is 25.1 Å². The Bertz CT molecular complexity index is 1310. The number of fused-ring (bicyclic) bond motifs is 1. The van der Waals surface area contributed by atoms with Gasteiger partial charge in [-0.05, 0) is 29.8 Å². The standard InChI is InChI=1S/C24H18Cl2N2O3/c1-3-20(30)23-22(27-13(2)29)18-12-17(14-8-10-15(25)11-9-14)21(28-24(18)31-23)16-6-4-5-7-19(16)26/h4-12H,3H2,1-2H3,(H,27,29). The van der Waals surface area contributed by atoms with E-state index in [9.17, 15) is 9.59 Å². The van der Waals surface area contributed by atoms with Gasteiger partial charge in [0.25, 0.3) is 0 Å². The summed E-state index contributed by atoms with van der Waals surface area (Å²) in [4.78, 5) is 29.0. The molecule has 4 aromatic rings. The zero-order valence-electron chi connectivity index (χ0n) is 16.8. The van der Waals surface area contributed by atoms with Crippen LogP contribution in [0.15, 0.2) is 59.0 Å². The number of hydrogen-bond acceptors (Lipinski definition) is 4. The number of aromatic nitrogens is 1. The van der Waals surface area contributed by atoms with E-state index in [1.165, 1.54) is 6.92 Å². The number of halogens is 2. The van der Waals surface area contributed by atoms with E-state index in [1.807, 2.05) is 36.4 Å². The summed E-state index contributed by atoms with van der Waals surface area (Å²) >= 11 is 12.5. The monoisotopic (exact) mass is 452 g/mol. The van der Waals surface area contributed by atoms with Gasteiger partial charge >= 0.3 is 0 Å². The Hall–Kier alpha value is -3.15. The van der Waals surface area contributed by atoms with Gasteiger partial charge in [-0.3, -0.25) is 9.59 Å². The zero-order chi connectivity index (χ0) is 22.1. The van der Waals surface area contributed by atoms with Crippen molar-refractivity contribution in [1.82, 2.24) is 4.98 Å². The Balaban J connectivity index is 2.07. The molecule has 0 aliphatic rings. The number of rotatable bonds is 5. The minimum atomic E-state index is -0.309. The topological polar surface area (TPSA) is 72.2 Å². The first-order valence-electron chi connectivity index (χ1n) is 9.68. The number of amides is 1. The molecule has 4 rings (SSSR count). The molecular formula is C24H18Cl2N2O3. The van der Waals surface area contributed by atoms with Gasteiger partial charge in [-0.15, -0.1) is 0 Å². The van der Waals surface area contributed by atoms with Crippen molar-refractivity contribution in [3.8, 4) is 22.4 Å². The lowest BCUT2D eigenvalue weighted by atomic mass is 9.98. The lowest BCUT2D eigenvalue weighted by molar-refractivity contribution is -0.114. The summed E-state index contributed by atoms with van der Waals surface area (Å²) in [5.74, 6) is -0.455. The lowest BCUT2D eigenvalue weighted by Crippen LogP contribution is -2.09. The maximum Gasteiger partial charge on any atom is 0.229 e. The largest absolute Gasteiger partial charge is 0.432 e. The van der Waals surface area contributed by atoms with E-state index in [2.05, 4.69) is 5.32 Å². The van der Waals surface area contributed by atoms with Gasteiger partial charge in [0.1, 0.15) is 5.69 Å². The maximum atomic E-state index is 12.5. The van der Waals surface area contributed by atoms with E-state index in [4.69, 9.17) is 32.6 Å². The fourth-order valence-electron chi connectivity index (χ4n) is 3.39. The Morgan fingerprint density at radius 1 is 1.03 bits per heavy atom. The van der Waals surface area contributed by atoms with Crippen LogP contribution >= 0.6 is 23.2 Å². The van der Waals surface area contributed by atoms with Gasteiger partial charge < -0.3 is 9.73 Å². The molecule has 0 aliphatic heterocycles. The van der Waals surface area contributed by atoms with Gasteiger partial charge in [-0.1, -0.05) is 60.5 Å². The summed E-state index contributed by atoms with van der Waals surface area (Å²) < 4.78 is 5.83. The molecule has 0 radical (unpaired) electrons. The van der Waals surface area contributed by atoms with E-state index in [-0.39, 0.29) is 29.6 Å². The Kier molecular flexibility index (Phi) is 5.81. The molecule has 0 saturated heterocycles. The zero-order valence-corrected chi connectivity index (χ0v) is 18.3. The van der Waals surface area contributed by atoms with Crippen molar-refractivity contribution in [2.75, 3.05) is 5.32 Å². The second-order valence-electron chi connectivity index (χ2n) is 6.99. The number of anilines is 1. The molecule has 0 bridgehead atoms. The molecule has 2 heterocycles. The molecule has 7 heteroatoms. The first kappa shape index (κ1) is 21.1. The molecular weight excluding hydrogens is 435 g/mol. The normalized spacial score (nSPS) is 11.0. The molecule has 0 atom stereocenters. The number of carbonyl (C=O) groups excluding carboxylic acids is 2. The van der Waals surface area contributed by atoms with Crippen LogP contribution in [-0.4, -0.2) is 16.7 Å². The van der Waals surface area contributed by atoms with Crippen molar-refractivity contribution >= 4 is 51.7 Å². The number of Topliss-reactive ketones (excluding diaryl/α,β-unsaturated/α-hetero) is 1. The van der Waals surface area contributed by atoms with Crippen molar-refractivity contribution in [2.45, 2.75) is 20.3 Å². The van der Waals surface area contributed by atoms with Crippen LogP contribution in [0.25, 0.3) is 33.5 Å². The quantitative estimate of drug-likeness (QED) is 0.330.